The zero-order valence-corrected chi connectivity index (χ0v) is 13.3. The Balaban J connectivity index is 1.51. The summed E-state index contributed by atoms with van der Waals surface area (Å²) >= 11 is 0. The van der Waals surface area contributed by atoms with Gasteiger partial charge in [0.2, 0.25) is 5.91 Å². The van der Waals surface area contributed by atoms with Crippen molar-refractivity contribution in [3.05, 3.63) is 48.5 Å². The lowest BCUT2D eigenvalue weighted by molar-refractivity contribution is -0.123. The summed E-state index contributed by atoms with van der Waals surface area (Å²) in [5.74, 6) is 0.0584. The number of aromatic nitrogens is 3. The molecule has 1 aliphatic heterocycles. The molecule has 0 unspecified atom stereocenters. The van der Waals surface area contributed by atoms with Crippen LogP contribution < -0.4 is 5.32 Å². The van der Waals surface area contributed by atoms with E-state index in [1.165, 1.54) is 6.42 Å². The lowest BCUT2D eigenvalue weighted by atomic mass is 10.0. The minimum Gasteiger partial charge on any atom is -0.349 e. The molecule has 1 fully saturated rings. The number of nitrogens with zero attached hydrogens (tertiary/aromatic N) is 4. The fourth-order valence-corrected chi connectivity index (χ4v) is 3.03. The van der Waals surface area contributed by atoms with Crippen LogP contribution in [0.2, 0.25) is 0 Å². The zero-order chi connectivity index (χ0) is 15.9. The van der Waals surface area contributed by atoms with Crippen LogP contribution in [0.1, 0.15) is 25.0 Å². The lowest BCUT2D eigenvalue weighted by Crippen LogP contribution is -2.47. The van der Waals surface area contributed by atoms with Crippen LogP contribution in [0, 0.1) is 0 Å². The van der Waals surface area contributed by atoms with Gasteiger partial charge in [0, 0.05) is 24.6 Å². The molecule has 1 aliphatic rings. The van der Waals surface area contributed by atoms with Crippen molar-refractivity contribution in [1.29, 1.82) is 0 Å². The van der Waals surface area contributed by atoms with Crippen molar-refractivity contribution < 1.29 is 4.79 Å². The molecule has 122 valence electrons. The number of carbonyl (C=O) groups excluding carboxylic acids is 1. The molecule has 0 aromatic carbocycles. The van der Waals surface area contributed by atoms with E-state index in [0.717, 1.165) is 31.6 Å². The molecule has 2 aromatic heterocycles. The van der Waals surface area contributed by atoms with Gasteiger partial charge in [-0.3, -0.25) is 19.4 Å². The summed E-state index contributed by atoms with van der Waals surface area (Å²) in [6.07, 6.45) is 9.02. The molecule has 0 saturated carbocycles. The van der Waals surface area contributed by atoms with Crippen LogP contribution >= 0.6 is 0 Å². The topological polar surface area (TPSA) is 63.1 Å². The summed E-state index contributed by atoms with van der Waals surface area (Å²) in [6.45, 7) is 2.75. The molecule has 6 nitrogen and oxygen atoms in total. The number of piperidine rings is 1. The third-order valence-corrected chi connectivity index (χ3v) is 4.25. The maximum atomic E-state index is 12.2. The van der Waals surface area contributed by atoms with E-state index in [0.29, 0.717) is 19.1 Å². The molecule has 1 amide bonds. The molecule has 6 heteroatoms. The highest BCUT2D eigenvalue weighted by Crippen LogP contribution is 2.18. The molecule has 0 aliphatic carbocycles. The van der Waals surface area contributed by atoms with Gasteiger partial charge in [-0.25, -0.2) is 0 Å². The Bertz CT molecular complexity index is 599. The highest BCUT2D eigenvalue weighted by atomic mass is 16.2. The number of carbonyl (C=O) groups is 1. The normalized spacial score (nSPS) is 18.7. The predicted octanol–water partition coefficient (Wildman–Crippen LogP) is 1.45. The van der Waals surface area contributed by atoms with Gasteiger partial charge in [0.15, 0.2) is 0 Å². The number of pyridine rings is 1. The molecule has 3 rings (SSSR count). The van der Waals surface area contributed by atoms with Gasteiger partial charge in [0.1, 0.15) is 0 Å². The summed E-state index contributed by atoms with van der Waals surface area (Å²) in [6, 6.07) is 8.04. The van der Waals surface area contributed by atoms with Crippen LogP contribution in [0.5, 0.6) is 0 Å². The fourth-order valence-electron chi connectivity index (χ4n) is 3.03. The Morgan fingerprint density at radius 2 is 2.22 bits per heavy atom. The van der Waals surface area contributed by atoms with Crippen LogP contribution in [0.3, 0.4) is 0 Å². The second kappa shape index (κ2) is 7.87. The molecule has 2 aromatic rings. The smallest absolute Gasteiger partial charge is 0.234 e. The van der Waals surface area contributed by atoms with Gasteiger partial charge in [0.05, 0.1) is 25.3 Å². The first-order chi connectivity index (χ1) is 11.3. The van der Waals surface area contributed by atoms with Crippen molar-refractivity contribution in [3.8, 4) is 0 Å². The number of amides is 1. The third kappa shape index (κ3) is 4.63. The molecular weight excluding hydrogens is 290 g/mol. The first kappa shape index (κ1) is 15.7. The second-order valence-electron chi connectivity index (χ2n) is 5.95. The first-order valence-electron chi connectivity index (χ1n) is 8.19. The van der Waals surface area contributed by atoms with Crippen LogP contribution in [0.25, 0.3) is 0 Å². The first-order valence-corrected chi connectivity index (χ1v) is 8.19. The Hall–Kier alpha value is -2.21. The van der Waals surface area contributed by atoms with Gasteiger partial charge in [-0.1, -0.05) is 12.5 Å². The van der Waals surface area contributed by atoms with E-state index in [2.05, 4.69) is 20.3 Å². The number of likely N-dealkylation sites (tertiary alicyclic amines) is 1. The molecule has 0 radical (unpaired) electrons. The average molecular weight is 313 g/mol. The quantitative estimate of drug-likeness (QED) is 0.877. The Kier molecular flexibility index (Phi) is 5.37. The van der Waals surface area contributed by atoms with Gasteiger partial charge in [-0.15, -0.1) is 0 Å². The van der Waals surface area contributed by atoms with Crippen LogP contribution in [-0.2, 0) is 17.9 Å². The molecule has 3 heterocycles. The van der Waals surface area contributed by atoms with Crippen molar-refractivity contribution in [2.24, 2.45) is 0 Å². The summed E-state index contributed by atoms with van der Waals surface area (Å²) in [5, 5.41) is 7.24. The van der Waals surface area contributed by atoms with Crippen molar-refractivity contribution in [2.75, 3.05) is 13.1 Å². The molecule has 1 N–H and O–H groups in total. The SMILES string of the molecule is O=C(CN1CCCC[C@H]1Cn1cccn1)NCc1ccccn1. The Morgan fingerprint density at radius 3 is 3.00 bits per heavy atom. The Morgan fingerprint density at radius 1 is 1.26 bits per heavy atom. The largest absolute Gasteiger partial charge is 0.349 e. The molecule has 23 heavy (non-hydrogen) atoms. The molecule has 0 bridgehead atoms. The van der Waals surface area contributed by atoms with Gasteiger partial charge in [-0.2, -0.15) is 5.10 Å². The Labute approximate surface area is 136 Å². The van der Waals surface area contributed by atoms with Gasteiger partial charge in [-0.05, 0) is 37.6 Å². The van der Waals surface area contributed by atoms with E-state index >= 15 is 0 Å². The van der Waals surface area contributed by atoms with Crippen LogP contribution in [0.4, 0.5) is 0 Å². The number of rotatable bonds is 6. The minimum absolute atomic E-state index is 0.0584. The van der Waals surface area contributed by atoms with E-state index in [-0.39, 0.29) is 5.91 Å². The monoisotopic (exact) mass is 313 g/mol. The molecular formula is C17H23N5O. The number of nitrogens with one attached hydrogen (secondary N) is 1. The molecule has 1 saturated heterocycles. The maximum Gasteiger partial charge on any atom is 0.234 e. The van der Waals surface area contributed by atoms with Crippen LogP contribution in [0.15, 0.2) is 42.9 Å². The number of hydrogen-bond donors (Lipinski definition) is 1. The van der Waals surface area contributed by atoms with E-state index < -0.39 is 0 Å². The van der Waals surface area contributed by atoms with Crippen molar-refractivity contribution >= 4 is 5.91 Å². The van der Waals surface area contributed by atoms with E-state index in [4.69, 9.17) is 0 Å². The summed E-state index contributed by atoms with van der Waals surface area (Å²) in [5.41, 5.74) is 0.882. The van der Waals surface area contributed by atoms with E-state index in [9.17, 15) is 4.79 Å². The number of hydrogen-bond acceptors (Lipinski definition) is 4. The fraction of sp³-hybridized carbons (Fsp3) is 0.471. The van der Waals surface area contributed by atoms with Crippen molar-refractivity contribution in [1.82, 2.24) is 25.0 Å². The highest BCUT2D eigenvalue weighted by molar-refractivity contribution is 5.78. The zero-order valence-electron chi connectivity index (χ0n) is 13.3. The highest BCUT2D eigenvalue weighted by Gasteiger charge is 2.24. The maximum absolute atomic E-state index is 12.2. The minimum atomic E-state index is 0.0584. The lowest BCUT2D eigenvalue weighted by Gasteiger charge is -2.35. The summed E-state index contributed by atoms with van der Waals surface area (Å²) in [7, 11) is 0. The van der Waals surface area contributed by atoms with Crippen molar-refractivity contribution in [3.63, 3.8) is 0 Å². The van der Waals surface area contributed by atoms with Gasteiger partial charge in [0.25, 0.3) is 0 Å². The van der Waals surface area contributed by atoms with Crippen LogP contribution in [-0.4, -0.2) is 44.7 Å². The average Bonchev–Trinajstić information content (AvgIpc) is 3.09. The standard InChI is InChI=1S/C17H23N5O/c23-17(19-12-15-6-1-3-8-18-15)14-21-10-4-2-7-16(21)13-22-11-5-9-20-22/h1,3,5-6,8-9,11,16H,2,4,7,10,12-14H2,(H,19,23)/t16-/m0/s1. The summed E-state index contributed by atoms with van der Waals surface area (Å²) < 4.78 is 1.95. The van der Waals surface area contributed by atoms with Crippen molar-refractivity contribution in [2.45, 2.75) is 38.4 Å². The second-order valence-corrected chi connectivity index (χ2v) is 5.95. The van der Waals surface area contributed by atoms with E-state index in [1.54, 1.807) is 12.4 Å². The third-order valence-electron chi connectivity index (χ3n) is 4.25. The summed E-state index contributed by atoms with van der Waals surface area (Å²) in [4.78, 5) is 18.7. The van der Waals surface area contributed by atoms with Gasteiger partial charge < -0.3 is 5.32 Å². The van der Waals surface area contributed by atoms with E-state index in [1.807, 2.05) is 35.1 Å². The van der Waals surface area contributed by atoms with Gasteiger partial charge >= 0.3 is 0 Å². The predicted molar refractivity (Wildman–Crippen MR) is 87.5 cm³/mol. The molecule has 0 spiro atoms. The molecule has 1 atom stereocenters.